The number of rotatable bonds is 7. The van der Waals surface area contributed by atoms with Crippen LogP contribution in [0.25, 0.3) is 11.0 Å². The van der Waals surface area contributed by atoms with E-state index >= 15 is 0 Å². The fourth-order valence-corrected chi connectivity index (χ4v) is 3.22. The molecule has 1 aromatic heterocycles. The molecule has 0 spiro atoms. The minimum atomic E-state index is -0.263. The summed E-state index contributed by atoms with van der Waals surface area (Å²) in [7, 11) is 0. The summed E-state index contributed by atoms with van der Waals surface area (Å²) in [5, 5.41) is 3.59. The van der Waals surface area contributed by atoms with Gasteiger partial charge in [-0.15, -0.1) is 6.58 Å². The number of likely N-dealkylation sites (tertiary alicyclic amines) is 1. The molecule has 2 heterocycles. The Labute approximate surface area is 151 Å². The van der Waals surface area contributed by atoms with E-state index in [0.717, 1.165) is 29.7 Å². The van der Waals surface area contributed by atoms with Gasteiger partial charge in [0.25, 0.3) is 0 Å². The van der Waals surface area contributed by atoms with Crippen LogP contribution in [0.2, 0.25) is 5.02 Å². The van der Waals surface area contributed by atoms with E-state index < -0.39 is 0 Å². The third-order valence-corrected chi connectivity index (χ3v) is 4.55. The van der Waals surface area contributed by atoms with Gasteiger partial charge in [-0.25, -0.2) is 4.98 Å². The lowest BCUT2D eigenvalue weighted by atomic mass is 10.1. The Morgan fingerprint density at radius 1 is 1.52 bits per heavy atom. The fraction of sp³-hybridized carbons (Fsp3) is 0.389. The van der Waals surface area contributed by atoms with Gasteiger partial charge in [0, 0.05) is 37.5 Å². The van der Waals surface area contributed by atoms with Crippen molar-refractivity contribution in [1.29, 1.82) is 0 Å². The van der Waals surface area contributed by atoms with Crippen molar-refractivity contribution in [2.75, 3.05) is 19.6 Å². The summed E-state index contributed by atoms with van der Waals surface area (Å²) in [6, 6.07) is 5.54. The highest BCUT2D eigenvalue weighted by molar-refractivity contribution is 6.31. The number of nitrogens with zero attached hydrogens (tertiary/aromatic N) is 2. The van der Waals surface area contributed by atoms with Crippen LogP contribution in [0.5, 0.6) is 0 Å². The number of hydrogen-bond donors (Lipinski definition) is 2. The number of benzene rings is 1. The fourth-order valence-electron chi connectivity index (χ4n) is 3.04. The minimum Gasteiger partial charge on any atom is -0.356 e. The van der Waals surface area contributed by atoms with Gasteiger partial charge in [-0.1, -0.05) is 17.7 Å². The molecule has 0 radical (unpaired) electrons. The second-order valence-corrected chi connectivity index (χ2v) is 6.66. The van der Waals surface area contributed by atoms with Gasteiger partial charge in [0.15, 0.2) is 0 Å². The zero-order chi connectivity index (χ0) is 17.8. The summed E-state index contributed by atoms with van der Waals surface area (Å²) >= 11 is 5.96. The number of aromatic amines is 1. The van der Waals surface area contributed by atoms with Crippen molar-refractivity contribution < 1.29 is 9.59 Å². The quantitative estimate of drug-likeness (QED) is 0.587. The molecule has 0 saturated carbocycles. The molecule has 132 valence electrons. The lowest BCUT2D eigenvalue weighted by Gasteiger charge is -2.13. The van der Waals surface area contributed by atoms with Crippen molar-refractivity contribution in [3.05, 3.63) is 41.7 Å². The minimum absolute atomic E-state index is 0.0148. The monoisotopic (exact) mass is 360 g/mol. The summed E-state index contributed by atoms with van der Waals surface area (Å²) in [6.45, 7) is 5.16. The van der Waals surface area contributed by atoms with Gasteiger partial charge in [-0.3, -0.25) is 9.59 Å². The standard InChI is InChI=1S/C18H21ClN4O2/c1-2-8-23-11-12(9-17(23)24)18(25)20-7-3-4-16-21-14-6-5-13(19)10-15(14)22-16/h2,5-6,10,12H,1,3-4,7-9,11H2,(H,20,25)(H,21,22). The highest BCUT2D eigenvalue weighted by Crippen LogP contribution is 2.18. The van der Waals surface area contributed by atoms with E-state index in [4.69, 9.17) is 11.6 Å². The van der Waals surface area contributed by atoms with E-state index in [9.17, 15) is 9.59 Å². The van der Waals surface area contributed by atoms with E-state index in [2.05, 4.69) is 21.9 Å². The SMILES string of the molecule is C=CCN1CC(C(=O)NCCCc2nc3ccc(Cl)cc3[nH]2)CC1=O. The molecule has 1 fully saturated rings. The molecule has 6 nitrogen and oxygen atoms in total. The second kappa shape index (κ2) is 7.70. The number of hydrogen-bond acceptors (Lipinski definition) is 3. The molecule has 1 aliphatic heterocycles. The van der Waals surface area contributed by atoms with Gasteiger partial charge in [-0.05, 0) is 24.6 Å². The van der Waals surface area contributed by atoms with Crippen LogP contribution in [0.1, 0.15) is 18.7 Å². The number of carbonyl (C=O) groups is 2. The maximum absolute atomic E-state index is 12.2. The van der Waals surface area contributed by atoms with Crippen molar-refractivity contribution >= 4 is 34.4 Å². The summed E-state index contributed by atoms with van der Waals surface area (Å²) in [5.74, 6) is 0.567. The third kappa shape index (κ3) is 4.20. The van der Waals surface area contributed by atoms with E-state index in [0.29, 0.717) is 24.7 Å². The normalized spacial score (nSPS) is 17.2. The largest absolute Gasteiger partial charge is 0.356 e. The van der Waals surface area contributed by atoms with Crippen molar-refractivity contribution in [3.8, 4) is 0 Å². The van der Waals surface area contributed by atoms with Gasteiger partial charge in [0.05, 0.1) is 17.0 Å². The van der Waals surface area contributed by atoms with Gasteiger partial charge >= 0.3 is 0 Å². The van der Waals surface area contributed by atoms with E-state index in [1.165, 1.54) is 0 Å². The molecule has 0 bridgehead atoms. The Hall–Kier alpha value is -2.34. The smallest absolute Gasteiger partial charge is 0.225 e. The van der Waals surface area contributed by atoms with Crippen molar-refractivity contribution in [1.82, 2.24) is 20.2 Å². The zero-order valence-corrected chi connectivity index (χ0v) is 14.7. The van der Waals surface area contributed by atoms with Gasteiger partial charge in [-0.2, -0.15) is 0 Å². The number of amides is 2. The van der Waals surface area contributed by atoms with Gasteiger partial charge in [0.2, 0.25) is 11.8 Å². The Bertz CT molecular complexity index is 801. The lowest BCUT2D eigenvalue weighted by Crippen LogP contribution is -2.33. The predicted molar refractivity (Wildman–Crippen MR) is 97.3 cm³/mol. The molecule has 25 heavy (non-hydrogen) atoms. The zero-order valence-electron chi connectivity index (χ0n) is 13.9. The van der Waals surface area contributed by atoms with E-state index in [1.807, 2.05) is 18.2 Å². The first kappa shape index (κ1) is 17.5. The molecule has 1 saturated heterocycles. The Kier molecular flexibility index (Phi) is 5.38. The second-order valence-electron chi connectivity index (χ2n) is 6.23. The van der Waals surface area contributed by atoms with Gasteiger partial charge in [0.1, 0.15) is 5.82 Å². The van der Waals surface area contributed by atoms with Crippen LogP contribution in [0, 0.1) is 5.92 Å². The van der Waals surface area contributed by atoms with Crippen molar-refractivity contribution in [3.63, 3.8) is 0 Å². The van der Waals surface area contributed by atoms with Crippen molar-refractivity contribution in [2.45, 2.75) is 19.3 Å². The molecule has 1 aliphatic rings. The van der Waals surface area contributed by atoms with Crippen molar-refractivity contribution in [2.24, 2.45) is 5.92 Å². The molecule has 3 rings (SSSR count). The lowest BCUT2D eigenvalue weighted by molar-refractivity contribution is -0.128. The van der Waals surface area contributed by atoms with Crippen LogP contribution >= 0.6 is 11.6 Å². The topological polar surface area (TPSA) is 78.1 Å². The number of nitrogens with one attached hydrogen (secondary N) is 2. The van der Waals surface area contributed by atoms with Gasteiger partial charge < -0.3 is 15.2 Å². The maximum atomic E-state index is 12.2. The number of fused-ring (bicyclic) bond motifs is 1. The molecule has 1 aromatic carbocycles. The molecule has 2 aromatic rings. The summed E-state index contributed by atoms with van der Waals surface area (Å²) < 4.78 is 0. The number of halogens is 1. The summed E-state index contributed by atoms with van der Waals surface area (Å²) in [5.41, 5.74) is 1.80. The number of aryl methyl sites for hydroxylation is 1. The molecule has 1 unspecified atom stereocenters. The first-order valence-electron chi connectivity index (χ1n) is 8.37. The first-order valence-corrected chi connectivity index (χ1v) is 8.75. The van der Waals surface area contributed by atoms with Crippen LogP contribution in [0.4, 0.5) is 0 Å². The molecular weight excluding hydrogens is 340 g/mol. The average molecular weight is 361 g/mol. The molecule has 2 amide bonds. The number of carbonyl (C=O) groups excluding carboxylic acids is 2. The molecular formula is C18H21ClN4O2. The van der Waals surface area contributed by atoms with E-state index in [1.54, 1.807) is 11.0 Å². The molecule has 1 atom stereocenters. The summed E-state index contributed by atoms with van der Waals surface area (Å²) in [4.78, 5) is 33.4. The molecule has 2 N–H and O–H groups in total. The van der Waals surface area contributed by atoms with Crippen LogP contribution in [-0.4, -0.2) is 46.3 Å². The van der Waals surface area contributed by atoms with Crippen LogP contribution in [0.3, 0.4) is 0 Å². The Morgan fingerprint density at radius 3 is 3.16 bits per heavy atom. The van der Waals surface area contributed by atoms with Crippen LogP contribution in [0.15, 0.2) is 30.9 Å². The Balaban J connectivity index is 1.44. The Morgan fingerprint density at radius 2 is 2.36 bits per heavy atom. The van der Waals surface area contributed by atoms with Crippen LogP contribution in [-0.2, 0) is 16.0 Å². The summed E-state index contributed by atoms with van der Waals surface area (Å²) in [6.07, 6.45) is 3.47. The first-order chi connectivity index (χ1) is 12.1. The average Bonchev–Trinajstić information content (AvgIpc) is 3.15. The highest BCUT2D eigenvalue weighted by Gasteiger charge is 2.33. The number of aromatic nitrogens is 2. The third-order valence-electron chi connectivity index (χ3n) is 4.32. The molecule has 7 heteroatoms. The number of imidazole rings is 1. The molecule has 0 aliphatic carbocycles. The maximum Gasteiger partial charge on any atom is 0.225 e. The van der Waals surface area contributed by atoms with Crippen LogP contribution < -0.4 is 5.32 Å². The van der Waals surface area contributed by atoms with E-state index in [-0.39, 0.29) is 24.2 Å². The highest BCUT2D eigenvalue weighted by atomic mass is 35.5. The number of H-pyrrole nitrogens is 1. The predicted octanol–water partition coefficient (Wildman–Crippen LogP) is 2.30.